The number of benzene rings is 1. The number of hydrogen-bond donors (Lipinski definition) is 3. The van der Waals surface area contributed by atoms with Crippen LogP contribution in [0, 0.1) is 0 Å². The quantitative estimate of drug-likeness (QED) is 0.308. The summed E-state index contributed by atoms with van der Waals surface area (Å²) in [7, 11) is 0. The molecule has 2 saturated heterocycles. The fourth-order valence-electron chi connectivity index (χ4n) is 5.75. The molecule has 0 aliphatic carbocycles. The van der Waals surface area contributed by atoms with Crippen LogP contribution >= 0.6 is 11.6 Å². The number of nitrogens with zero attached hydrogens (tertiary/aromatic N) is 5. The number of carbonyl (C=O) groups is 2. The first-order valence-corrected chi connectivity index (χ1v) is 14.5. The predicted octanol–water partition coefficient (Wildman–Crippen LogP) is 4.65. The van der Waals surface area contributed by atoms with E-state index in [1.54, 1.807) is 4.57 Å². The number of carbonyl (C=O) groups excluding carboxylic acids is 2. The van der Waals surface area contributed by atoms with Crippen LogP contribution < -0.4 is 10.6 Å². The molecule has 2 aromatic heterocycles. The van der Waals surface area contributed by atoms with Crippen LogP contribution in [0.3, 0.4) is 0 Å². The van der Waals surface area contributed by atoms with E-state index in [9.17, 15) is 18.4 Å². The lowest BCUT2D eigenvalue weighted by Crippen LogP contribution is -2.60. The molecule has 13 heteroatoms. The molecule has 3 aromatic rings. The Kier molecular flexibility index (Phi) is 8.30. The number of likely N-dealkylation sites (N-methyl/N-ethyl adjacent to an activating group) is 1. The molecule has 2 fully saturated rings. The van der Waals surface area contributed by atoms with Gasteiger partial charge in [-0.1, -0.05) is 45.9 Å². The summed E-state index contributed by atoms with van der Waals surface area (Å²) < 4.78 is 30.5. The molecule has 42 heavy (non-hydrogen) atoms. The Balaban J connectivity index is 1.47. The van der Waals surface area contributed by atoms with Crippen LogP contribution in [0.4, 0.5) is 14.6 Å². The average molecular weight is 603 g/mol. The molecule has 1 aromatic carbocycles. The van der Waals surface area contributed by atoms with Gasteiger partial charge in [-0.05, 0) is 42.2 Å². The third kappa shape index (κ3) is 5.74. The molecule has 1 unspecified atom stereocenters. The van der Waals surface area contributed by atoms with Gasteiger partial charge in [-0.25, -0.2) is 13.8 Å². The molecule has 0 spiro atoms. The van der Waals surface area contributed by atoms with Crippen molar-refractivity contribution in [3.63, 3.8) is 0 Å². The summed E-state index contributed by atoms with van der Waals surface area (Å²) in [5, 5.41) is 14.9. The highest BCUT2D eigenvalue weighted by molar-refractivity contribution is 6.32. The number of halogens is 3. The molecule has 0 radical (unpaired) electrons. The smallest absolute Gasteiger partial charge is 0.282 e. The van der Waals surface area contributed by atoms with Crippen molar-refractivity contribution in [3.8, 4) is 0 Å². The minimum atomic E-state index is -2.95. The molecule has 226 valence electrons. The van der Waals surface area contributed by atoms with E-state index in [4.69, 9.17) is 11.6 Å². The zero-order valence-electron chi connectivity index (χ0n) is 24.3. The Morgan fingerprint density at radius 1 is 1.26 bits per heavy atom. The summed E-state index contributed by atoms with van der Waals surface area (Å²) >= 11 is 6.53. The number of nitrogens with one attached hydrogen (secondary N) is 3. The monoisotopic (exact) mass is 602 g/mol. The number of hydrogen-bond acceptors (Lipinski definition) is 6. The van der Waals surface area contributed by atoms with Crippen LogP contribution in [0.25, 0.3) is 10.9 Å². The maximum atomic E-state index is 14.4. The van der Waals surface area contributed by atoms with Gasteiger partial charge in [-0.3, -0.25) is 14.7 Å². The zero-order chi connectivity index (χ0) is 30.3. The van der Waals surface area contributed by atoms with E-state index in [1.165, 1.54) is 11.0 Å². The largest absolute Gasteiger partial charge is 0.361 e. The maximum Gasteiger partial charge on any atom is 0.282 e. The molecule has 2 aliphatic rings. The first-order valence-electron chi connectivity index (χ1n) is 14.2. The third-order valence-corrected chi connectivity index (χ3v) is 8.38. The summed E-state index contributed by atoms with van der Waals surface area (Å²) in [5.74, 6) is 0.0101. The standard InChI is InChI=1S/C29H37ClF2N8O2/c1-6-23(41)39-13-16(14-39)34-28(42)25-24(26(31)32)35-22(40(25)17-8-9-38(7-2)15-17)12-33-27-18-10-19(29(3,4)5)20(30)11-21(18)36-37-27/h6,10-11,16-17,26H,1,7-9,12-15H2,2-5H3,(H,34,42)(H2,33,36,37). The number of H-pyrrole nitrogens is 1. The lowest BCUT2D eigenvalue weighted by Gasteiger charge is -2.39. The minimum Gasteiger partial charge on any atom is -0.361 e. The van der Waals surface area contributed by atoms with Crippen LogP contribution in [-0.2, 0) is 16.8 Å². The van der Waals surface area contributed by atoms with E-state index >= 15 is 0 Å². The first kappa shape index (κ1) is 30.0. The van der Waals surface area contributed by atoms with Gasteiger partial charge in [-0.15, -0.1) is 0 Å². The molecule has 5 rings (SSSR count). The molecule has 2 amide bonds. The molecule has 10 nitrogen and oxygen atoms in total. The number of anilines is 1. The third-order valence-electron chi connectivity index (χ3n) is 8.07. The fraction of sp³-hybridized carbons (Fsp3) is 0.517. The van der Waals surface area contributed by atoms with Gasteiger partial charge in [0, 0.05) is 42.6 Å². The SMILES string of the molecule is C=CC(=O)N1CC(NC(=O)c2c(C(F)F)nc(CNc3n[nH]c4cc(Cl)c(C(C)(C)C)cc34)n2C2CCN(CC)C2)C1. The number of rotatable bonds is 9. The highest BCUT2D eigenvalue weighted by Crippen LogP contribution is 2.35. The second-order valence-corrected chi connectivity index (χ2v) is 12.3. The van der Waals surface area contributed by atoms with Crippen molar-refractivity contribution in [1.82, 2.24) is 34.9 Å². The fourth-order valence-corrected chi connectivity index (χ4v) is 6.19. The van der Waals surface area contributed by atoms with Crippen LogP contribution in [0.1, 0.15) is 74.2 Å². The molecule has 0 saturated carbocycles. The van der Waals surface area contributed by atoms with E-state index in [-0.39, 0.29) is 35.6 Å². The highest BCUT2D eigenvalue weighted by Gasteiger charge is 2.37. The molecular formula is C29H37ClF2N8O2. The van der Waals surface area contributed by atoms with Crippen molar-refractivity contribution in [2.45, 2.75) is 64.6 Å². The van der Waals surface area contributed by atoms with Crippen molar-refractivity contribution in [1.29, 1.82) is 0 Å². The van der Waals surface area contributed by atoms with Gasteiger partial charge in [0.05, 0.1) is 18.1 Å². The lowest BCUT2D eigenvalue weighted by molar-refractivity contribution is -0.130. The number of alkyl halides is 2. The summed E-state index contributed by atoms with van der Waals surface area (Å²) in [6.07, 6.45) is -1.04. The number of likely N-dealkylation sites (tertiary alicyclic amines) is 2. The number of amides is 2. The molecule has 3 N–H and O–H groups in total. The van der Waals surface area contributed by atoms with Gasteiger partial charge in [0.15, 0.2) is 5.82 Å². The van der Waals surface area contributed by atoms with Crippen molar-refractivity contribution in [3.05, 3.63) is 52.6 Å². The average Bonchev–Trinajstić information content (AvgIpc) is 3.63. The second kappa shape index (κ2) is 11.6. The number of fused-ring (bicyclic) bond motifs is 1. The zero-order valence-corrected chi connectivity index (χ0v) is 25.1. The normalized spacial score (nSPS) is 18.1. The minimum absolute atomic E-state index is 0.0775. The van der Waals surface area contributed by atoms with Gasteiger partial charge >= 0.3 is 0 Å². The van der Waals surface area contributed by atoms with Crippen molar-refractivity contribution in [2.75, 3.05) is 38.0 Å². The number of imidazole rings is 1. The van der Waals surface area contributed by atoms with Crippen LogP contribution in [-0.4, -0.2) is 80.1 Å². The van der Waals surface area contributed by atoms with E-state index in [0.29, 0.717) is 42.7 Å². The molecule has 0 bridgehead atoms. The maximum absolute atomic E-state index is 14.4. The topological polar surface area (TPSA) is 111 Å². The van der Waals surface area contributed by atoms with Gasteiger partial charge in [0.1, 0.15) is 17.2 Å². The van der Waals surface area contributed by atoms with Crippen molar-refractivity contribution in [2.24, 2.45) is 0 Å². The van der Waals surface area contributed by atoms with Gasteiger partial charge in [0.25, 0.3) is 12.3 Å². The second-order valence-electron chi connectivity index (χ2n) is 11.9. The summed E-state index contributed by atoms with van der Waals surface area (Å²) in [5.41, 5.74) is 0.815. The molecule has 4 heterocycles. The van der Waals surface area contributed by atoms with Crippen LogP contribution in [0.2, 0.25) is 5.02 Å². The van der Waals surface area contributed by atoms with E-state index < -0.39 is 18.0 Å². The summed E-state index contributed by atoms with van der Waals surface area (Å²) in [4.78, 5) is 33.4. The van der Waals surface area contributed by atoms with Crippen LogP contribution in [0.5, 0.6) is 0 Å². The Hall–Kier alpha value is -3.51. The Labute approximate surface area is 248 Å². The van der Waals surface area contributed by atoms with Crippen molar-refractivity contribution < 1.29 is 18.4 Å². The van der Waals surface area contributed by atoms with Crippen molar-refractivity contribution >= 4 is 40.1 Å². The van der Waals surface area contributed by atoms with E-state index in [0.717, 1.165) is 29.6 Å². The predicted molar refractivity (Wildman–Crippen MR) is 158 cm³/mol. The summed E-state index contributed by atoms with van der Waals surface area (Å²) in [6.45, 7) is 14.6. The molecule has 1 atom stereocenters. The van der Waals surface area contributed by atoms with E-state index in [1.807, 2.05) is 19.1 Å². The van der Waals surface area contributed by atoms with Crippen LogP contribution in [0.15, 0.2) is 24.8 Å². The molecule has 2 aliphatic heterocycles. The highest BCUT2D eigenvalue weighted by atomic mass is 35.5. The number of aromatic amines is 1. The van der Waals surface area contributed by atoms with Gasteiger partial charge < -0.3 is 25.0 Å². The lowest BCUT2D eigenvalue weighted by atomic mass is 9.86. The molecular weight excluding hydrogens is 566 g/mol. The Morgan fingerprint density at radius 2 is 2.00 bits per heavy atom. The number of aromatic nitrogens is 4. The first-order chi connectivity index (χ1) is 19.9. The van der Waals surface area contributed by atoms with Gasteiger partial charge in [-0.2, -0.15) is 5.10 Å². The summed E-state index contributed by atoms with van der Waals surface area (Å²) in [6, 6.07) is 3.27. The van der Waals surface area contributed by atoms with Gasteiger partial charge in [0.2, 0.25) is 5.91 Å². The Morgan fingerprint density at radius 3 is 2.62 bits per heavy atom. The van der Waals surface area contributed by atoms with E-state index in [2.05, 4.69) is 58.1 Å². The Bertz CT molecular complexity index is 1510.